The third-order valence-corrected chi connectivity index (χ3v) is 3.83. The van der Waals surface area contributed by atoms with E-state index >= 15 is 0 Å². The fraction of sp³-hybridized carbons (Fsp3) is 0.143. The van der Waals surface area contributed by atoms with Gasteiger partial charge in [0, 0.05) is 11.1 Å². The van der Waals surface area contributed by atoms with Crippen LogP contribution in [0, 0.1) is 5.41 Å². The van der Waals surface area contributed by atoms with Crippen LogP contribution in [0.5, 0.6) is 5.06 Å². The molecule has 0 saturated heterocycles. The van der Waals surface area contributed by atoms with E-state index in [0.29, 0.717) is 11.1 Å². The largest absolute Gasteiger partial charge is 0.487 e. The van der Waals surface area contributed by atoms with Crippen molar-refractivity contribution in [2.75, 3.05) is 7.11 Å². The van der Waals surface area contributed by atoms with Crippen molar-refractivity contribution in [3.63, 3.8) is 0 Å². The Morgan fingerprint density at radius 1 is 1.36 bits per heavy atom. The number of aromatic nitrogens is 1. The van der Waals surface area contributed by atoms with Gasteiger partial charge in [0.05, 0.1) is 18.5 Å². The molecule has 0 aliphatic heterocycles. The van der Waals surface area contributed by atoms with E-state index in [2.05, 4.69) is 4.98 Å². The van der Waals surface area contributed by atoms with Gasteiger partial charge in [-0.25, -0.2) is 0 Å². The van der Waals surface area contributed by atoms with Gasteiger partial charge in [0.15, 0.2) is 5.06 Å². The molecular weight excluding hydrogens is 315 g/mol. The van der Waals surface area contributed by atoms with Crippen LogP contribution in [0.2, 0.25) is 0 Å². The quantitative estimate of drug-likeness (QED) is 0.843. The molecule has 2 aromatic rings. The van der Waals surface area contributed by atoms with E-state index in [0.717, 1.165) is 10.4 Å². The summed E-state index contributed by atoms with van der Waals surface area (Å²) >= 11 is 1.38. The first-order chi connectivity index (χ1) is 10.3. The van der Waals surface area contributed by atoms with E-state index < -0.39 is 17.6 Å². The maximum Gasteiger partial charge on any atom is 0.430 e. The second-order valence-electron chi connectivity index (χ2n) is 4.26. The third-order valence-electron chi connectivity index (χ3n) is 2.73. The average molecular weight is 327 g/mol. The van der Waals surface area contributed by atoms with Gasteiger partial charge in [0.1, 0.15) is 5.70 Å². The molecule has 3 N–H and O–H groups in total. The molecule has 0 spiro atoms. The second-order valence-corrected chi connectivity index (χ2v) is 5.31. The lowest BCUT2D eigenvalue weighted by molar-refractivity contribution is -0.0925. The van der Waals surface area contributed by atoms with Crippen LogP contribution in [0.1, 0.15) is 5.69 Å². The Hall–Kier alpha value is -2.35. The fourth-order valence-corrected chi connectivity index (χ4v) is 2.44. The summed E-state index contributed by atoms with van der Waals surface area (Å²) in [6.45, 7) is 0. The van der Waals surface area contributed by atoms with Crippen molar-refractivity contribution in [1.82, 2.24) is 4.98 Å². The third kappa shape index (κ3) is 3.64. The lowest BCUT2D eigenvalue weighted by atomic mass is 10.1. The number of ether oxygens (including phenoxy) is 1. The molecule has 2 rings (SSSR count). The number of alkyl halides is 3. The summed E-state index contributed by atoms with van der Waals surface area (Å²) in [5.74, 6) is 0. The van der Waals surface area contributed by atoms with Crippen molar-refractivity contribution >= 4 is 17.0 Å². The first-order valence-corrected chi connectivity index (χ1v) is 6.86. The first kappa shape index (κ1) is 16.0. The van der Waals surface area contributed by atoms with E-state index in [1.54, 1.807) is 19.2 Å². The van der Waals surface area contributed by atoms with Crippen LogP contribution < -0.4 is 10.5 Å². The summed E-state index contributed by atoms with van der Waals surface area (Å²) in [6, 6.07) is 6.85. The lowest BCUT2D eigenvalue weighted by Crippen LogP contribution is -2.20. The van der Waals surface area contributed by atoms with Gasteiger partial charge in [-0.3, -0.25) is 10.4 Å². The van der Waals surface area contributed by atoms with Crippen LogP contribution in [0.25, 0.3) is 10.4 Å². The van der Waals surface area contributed by atoms with Crippen LogP contribution in [0.15, 0.2) is 42.2 Å². The number of nitrogens with two attached hydrogens (primary N) is 1. The highest BCUT2D eigenvalue weighted by Crippen LogP contribution is 2.32. The van der Waals surface area contributed by atoms with Crippen LogP contribution >= 0.6 is 11.3 Å². The van der Waals surface area contributed by atoms with E-state index in [1.807, 2.05) is 6.07 Å². The van der Waals surface area contributed by atoms with Crippen molar-refractivity contribution in [1.29, 1.82) is 5.41 Å². The molecular formula is C14H12F3N3OS. The van der Waals surface area contributed by atoms with Crippen LogP contribution in [0.4, 0.5) is 13.2 Å². The van der Waals surface area contributed by atoms with Crippen molar-refractivity contribution in [2.24, 2.45) is 5.73 Å². The smallest absolute Gasteiger partial charge is 0.430 e. The fourth-order valence-electron chi connectivity index (χ4n) is 1.63. The minimum Gasteiger partial charge on any atom is -0.487 e. The summed E-state index contributed by atoms with van der Waals surface area (Å²) in [5.41, 5.74) is 4.03. The van der Waals surface area contributed by atoms with E-state index in [1.165, 1.54) is 23.6 Å². The molecule has 0 aromatic carbocycles. The number of rotatable bonds is 4. The van der Waals surface area contributed by atoms with Gasteiger partial charge in [-0.1, -0.05) is 11.3 Å². The number of nitrogens with one attached hydrogen (secondary N) is 1. The molecule has 116 valence electrons. The van der Waals surface area contributed by atoms with Crippen LogP contribution in [0.3, 0.4) is 0 Å². The monoisotopic (exact) mass is 327 g/mol. The zero-order chi connectivity index (χ0) is 16.3. The zero-order valence-corrected chi connectivity index (χ0v) is 12.3. The van der Waals surface area contributed by atoms with Crippen LogP contribution in [-0.2, 0) is 0 Å². The maximum absolute atomic E-state index is 12.4. The number of nitrogens with zero attached hydrogens (tertiary/aromatic N) is 1. The SMILES string of the molecule is COc1ccc(-c2ccnc(C(=N)C=C(N)C(F)(F)F)c2)s1. The molecule has 0 aliphatic rings. The normalized spacial score (nSPS) is 12.3. The molecule has 4 nitrogen and oxygen atoms in total. The minimum atomic E-state index is -4.66. The average Bonchev–Trinajstić information content (AvgIpc) is 2.95. The van der Waals surface area contributed by atoms with E-state index in [9.17, 15) is 13.2 Å². The van der Waals surface area contributed by atoms with Crippen molar-refractivity contribution < 1.29 is 17.9 Å². The van der Waals surface area contributed by atoms with Gasteiger partial charge < -0.3 is 10.5 Å². The summed E-state index contributed by atoms with van der Waals surface area (Å²) in [7, 11) is 1.55. The summed E-state index contributed by atoms with van der Waals surface area (Å²) in [4.78, 5) is 4.77. The number of hydrogen-bond acceptors (Lipinski definition) is 5. The minimum absolute atomic E-state index is 0.108. The van der Waals surface area contributed by atoms with Gasteiger partial charge >= 0.3 is 6.18 Å². The molecule has 0 aliphatic carbocycles. The highest BCUT2D eigenvalue weighted by molar-refractivity contribution is 7.17. The molecule has 8 heteroatoms. The molecule has 0 radical (unpaired) electrons. The number of hydrogen-bond donors (Lipinski definition) is 2. The van der Waals surface area contributed by atoms with Gasteiger partial charge in [-0.15, -0.1) is 0 Å². The number of halogens is 3. The highest BCUT2D eigenvalue weighted by atomic mass is 32.1. The standard InChI is InChI=1S/C14H12F3N3OS/c1-21-13-3-2-11(22-13)8-4-5-20-10(6-8)9(18)7-12(19)14(15,16)17/h2-7,18H,19H2,1H3. The molecule has 0 unspecified atom stereocenters. The molecule has 0 bridgehead atoms. The van der Waals surface area contributed by atoms with Gasteiger partial charge in [-0.2, -0.15) is 13.2 Å². The zero-order valence-electron chi connectivity index (χ0n) is 11.4. The van der Waals surface area contributed by atoms with Crippen molar-refractivity contribution in [3.8, 4) is 15.5 Å². The molecule has 0 amide bonds. The highest BCUT2D eigenvalue weighted by Gasteiger charge is 2.31. The topological polar surface area (TPSA) is 72.0 Å². The van der Waals surface area contributed by atoms with Crippen LogP contribution in [-0.4, -0.2) is 24.0 Å². The Bertz CT molecular complexity index is 722. The molecule has 22 heavy (non-hydrogen) atoms. The molecule has 0 saturated carbocycles. The van der Waals surface area contributed by atoms with E-state index in [-0.39, 0.29) is 5.69 Å². The Morgan fingerprint density at radius 3 is 2.68 bits per heavy atom. The Kier molecular flexibility index (Phi) is 4.51. The number of methoxy groups -OCH3 is 1. The number of thiophene rings is 1. The van der Waals surface area contributed by atoms with E-state index in [4.69, 9.17) is 15.9 Å². The number of pyridine rings is 1. The molecule has 0 fully saturated rings. The summed E-state index contributed by atoms with van der Waals surface area (Å²) < 4.78 is 42.3. The van der Waals surface area contributed by atoms with Gasteiger partial charge in [-0.05, 0) is 35.9 Å². The van der Waals surface area contributed by atoms with Crippen molar-refractivity contribution in [2.45, 2.75) is 6.18 Å². The predicted octanol–water partition coefficient (Wildman–Crippen LogP) is 3.59. The molecule has 2 heterocycles. The Balaban J connectivity index is 2.30. The summed E-state index contributed by atoms with van der Waals surface area (Å²) in [6.07, 6.45) is -2.67. The first-order valence-electron chi connectivity index (χ1n) is 6.05. The van der Waals surface area contributed by atoms with Gasteiger partial charge in [0.25, 0.3) is 0 Å². The predicted molar refractivity (Wildman–Crippen MR) is 79.3 cm³/mol. The number of allylic oxidation sites excluding steroid dienone is 2. The lowest BCUT2D eigenvalue weighted by Gasteiger charge is -2.07. The summed E-state index contributed by atoms with van der Waals surface area (Å²) in [5, 5.41) is 8.41. The molecule has 2 aromatic heterocycles. The second kappa shape index (κ2) is 6.18. The molecule has 0 atom stereocenters. The Labute approximate surface area is 128 Å². The Morgan fingerprint density at radius 2 is 2.09 bits per heavy atom. The maximum atomic E-state index is 12.4. The van der Waals surface area contributed by atoms with Gasteiger partial charge in [0.2, 0.25) is 0 Å². The van der Waals surface area contributed by atoms with Crippen molar-refractivity contribution in [3.05, 3.63) is 47.9 Å².